The SMILES string of the molecule is Cn1ncnc1CNC(=O)Nc1cccc(-c2ccc3c(c2)CCO3)c1. The van der Waals surface area contributed by atoms with Gasteiger partial charge in [-0.2, -0.15) is 5.10 Å². The van der Waals surface area contributed by atoms with Crippen LogP contribution in [0, 0.1) is 0 Å². The van der Waals surface area contributed by atoms with E-state index in [4.69, 9.17) is 4.74 Å². The summed E-state index contributed by atoms with van der Waals surface area (Å²) < 4.78 is 7.18. The number of aryl methyl sites for hydroxylation is 1. The van der Waals surface area contributed by atoms with Gasteiger partial charge in [0.15, 0.2) is 0 Å². The quantitative estimate of drug-likeness (QED) is 0.759. The molecule has 2 N–H and O–H groups in total. The Bertz CT molecular complexity index is 951. The van der Waals surface area contributed by atoms with Crippen LogP contribution in [0.15, 0.2) is 48.8 Å². The van der Waals surface area contributed by atoms with Gasteiger partial charge in [0, 0.05) is 19.2 Å². The fourth-order valence-electron chi connectivity index (χ4n) is 2.96. The second kappa shape index (κ2) is 6.87. The second-order valence-electron chi connectivity index (χ2n) is 6.11. The Labute approximate surface area is 151 Å². The van der Waals surface area contributed by atoms with Crippen molar-refractivity contribution in [2.45, 2.75) is 13.0 Å². The lowest BCUT2D eigenvalue weighted by Gasteiger charge is -2.10. The number of benzene rings is 2. The van der Waals surface area contributed by atoms with E-state index in [1.54, 1.807) is 11.7 Å². The Hall–Kier alpha value is -3.35. The molecule has 1 aliphatic heterocycles. The van der Waals surface area contributed by atoms with Crippen molar-refractivity contribution >= 4 is 11.7 Å². The van der Waals surface area contributed by atoms with Crippen LogP contribution >= 0.6 is 0 Å². The molecule has 1 aliphatic rings. The minimum Gasteiger partial charge on any atom is -0.493 e. The summed E-state index contributed by atoms with van der Waals surface area (Å²) >= 11 is 0. The van der Waals surface area contributed by atoms with Crippen molar-refractivity contribution in [1.29, 1.82) is 0 Å². The average Bonchev–Trinajstić information content (AvgIpc) is 3.28. The van der Waals surface area contributed by atoms with Crippen LogP contribution in [0.4, 0.5) is 10.5 Å². The van der Waals surface area contributed by atoms with E-state index >= 15 is 0 Å². The maximum absolute atomic E-state index is 12.1. The normalized spacial score (nSPS) is 12.3. The van der Waals surface area contributed by atoms with E-state index in [-0.39, 0.29) is 6.03 Å². The molecule has 0 saturated carbocycles. The number of hydrogen-bond acceptors (Lipinski definition) is 4. The highest BCUT2D eigenvalue weighted by Crippen LogP contribution is 2.31. The number of carbonyl (C=O) groups is 1. The minimum atomic E-state index is -0.285. The molecule has 0 fully saturated rings. The lowest BCUT2D eigenvalue weighted by molar-refractivity contribution is 0.251. The first-order valence-electron chi connectivity index (χ1n) is 8.43. The van der Waals surface area contributed by atoms with Crippen LogP contribution in [0.1, 0.15) is 11.4 Å². The highest BCUT2D eigenvalue weighted by Gasteiger charge is 2.13. The van der Waals surface area contributed by atoms with E-state index in [2.05, 4.69) is 26.8 Å². The number of nitrogens with one attached hydrogen (secondary N) is 2. The van der Waals surface area contributed by atoms with Crippen LogP contribution in [0.5, 0.6) is 5.75 Å². The van der Waals surface area contributed by atoms with Gasteiger partial charge in [-0.05, 0) is 41.0 Å². The summed E-state index contributed by atoms with van der Waals surface area (Å²) in [7, 11) is 1.78. The van der Waals surface area contributed by atoms with Crippen LogP contribution in [0.25, 0.3) is 11.1 Å². The third-order valence-corrected chi connectivity index (χ3v) is 4.36. The number of amides is 2. The van der Waals surface area contributed by atoms with Gasteiger partial charge in [0.2, 0.25) is 0 Å². The van der Waals surface area contributed by atoms with Gasteiger partial charge in [-0.3, -0.25) is 4.68 Å². The third-order valence-electron chi connectivity index (χ3n) is 4.36. The van der Waals surface area contributed by atoms with Gasteiger partial charge in [0.25, 0.3) is 0 Å². The molecule has 2 heterocycles. The summed E-state index contributed by atoms with van der Waals surface area (Å²) in [5.41, 5.74) is 4.11. The van der Waals surface area contributed by atoms with E-state index in [0.717, 1.165) is 35.6 Å². The molecule has 0 spiro atoms. The number of urea groups is 1. The average molecular weight is 349 g/mol. The number of nitrogens with zero attached hydrogens (tertiary/aromatic N) is 3. The van der Waals surface area contributed by atoms with Crippen molar-refractivity contribution in [1.82, 2.24) is 20.1 Å². The number of anilines is 1. The zero-order valence-electron chi connectivity index (χ0n) is 14.4. The zero-order valence-corrected chi connectivity index (χ0v) is 14.4. The Morgan fingerprint density at radius 3 is 2.96 bits per heavy atom. The van der Waals surface area contributed by atoms with Gasteiger partial charge in [0.1, 0.15) is 17.9 Å². The molecule has 7 heteroatoms. The van der Waals surface area contributed by atoms with Crippen molar-refractivity contribution in [3.05, 3.63) is 60.2 Å². The first-order chi connectivity index (χ1) is 12.7. The molecule has 7 nitrogen and oxygen atoms in total. The van der Waals surface area contributed by atoms with Crippen molar-refractivity contribution in [3.63, 3.8) is 0 Å². The van der Waals surface area contributed by atoms with Crippen LogP contribution in [0.2, 0.25) is 0 Å². The molecule has 3 aromatic rings. The van der Waals surface area contributed by atoms with Crippen LogP contribution in [-0.2, 0) is 20.0 Å². The highest BCUT2D eigenvalue weighted by molar-refractivity contribution is 5.90. The summed E-state index contributed by atoms with van der Waals surface area (Å²) in [6, 6.07) is 13.7. The molecule has 26 heavy (non-hydrogen) atoms. The Kier molecular flexibility index (Phi) is 4.27. The van der Waals surface area contributed by atoms with Crippen molar-refractivity contribution < 1.29 is 9.53 Å². The van der Waals surface area contributed by atoms with E-state index in [1.165, 1.54) is 11.9 Å². The summed E-state index contributed by atoms with van der Waals surface area (Å²) in [5.74, 6) is 1.65. The lowest BCUT2D eigenvalue weighted by atomic mass is 10.0. The monoisotopic (exact) mass is 349 g/mol. The first kappa shape index (κ1) is 16.1. The Morgan fingerprint density at radius 1 is 1.23 bits per heavy atom. The van der Waals surface area contributed by atoms with E-state index < -0.39 is 0 Å². The number of rotatable bonds is 4. The summed E-state index contributed by atoms with van der Waals surface area (Å²) in [6.45, 7) is 1.05. The van der Waals surface area contributed by atoms with Crippen molar-refractivity contribution in [2.75, 3.05) is 11.9 Å². The van der Waals surface area contributed by atoms with Gasteiger partial charge < -0.3 is 15.4 Å². The summed E-state index contributed by atoms with van der Waals surface area (Å²) in [6.07, 6.45) is 2.39. The summed E-state index contributed by atoms with van der Waals surface area (Å²) in [4.78, 5) is 16.2. The maximum atomic E-state index is 12.1. The molecule has 2 amide bonds. The largest absolute Gasteiger partial charge is 0.493 e. The molecule has 0 unspecified atom stereocenters. The molecular formula is C19H19N5O2. The molecule has 0 bridgehead atoms. The fraction of sp³-hybridized carbons (Fsp3) is 0.211. The van der Waals surface area contributed by atoms with E-state index in [0.29, 0.717) is 12.4 Å². The van der Waals surface area contributed by atoms with Crippen molar-refractivity contribution in [2.24, 2.45) is 7.05 Å². The lowest BCUT2D eigenvalue weighted by Crippen LogP contribution is -2.29. The molecule has 0 aliphatic carbocycles. The number of ether oxygens (including phenoxy) is 1. The first-order valence-corrected chi connectivity index (χ1v) is 8.43. The molecule has 0 atom stereocenters. The number of aromatic nitrogens is 3. The predicted molar refractivity (Wildman–Crippen MR) is 97.9 cm³/mol. The van der Waals surface area contributed by atoms with Gasteiger partial charge in [-0.25, -0.2) is 9.78 Å². The van der Waals surface area contributed by atoms with E-state index in [1.807, 2.05) is 36.4 Å². The molecule has 4 rings (SSSR count). The van der Waals surface area contributed by atoms with Crippen LogP contribution in [-0.4, -0.2) is 27.4 Å². The Balaban J connectivity index is 1.44. The predicted octanol–water partition coefficient (Wildman–Crippen LogP) is 2.74. The standard InChI is InChI=1S/C19H19N5O2/c1-24-18(21-12-22-24)11-20-19(25)23-16-4-2-3-13(10-16)14-5-6-17-15(9-14)7-8-26-17/h2-6,9-10,12H,7-8,11H2,1H3,(H2,20,23,25). The topological polar surface area (TPSA) is 81.1 Å². The van der Waals surface area contributed by atoms with Crippen LogP contribution < -0.4 is 15.4 Å². The molecule has 0 radical (unpaired) electrons. The molecule has 1 aromatic heterocycles. The molecule has 0 saturated heterocycles. The number of carbonyl (C=O) groups excluding carboxylic acids is 1. The van der Waals surface area contributed by atoms with Crippen LogP contribution in [0.3, 0.4) is 0 Å². The smallest absolute Gasteiger partial charge is 0.319 e. The van der Waals surface area contributed by atoms with Crippen molar-refractivity contribution in [3.8, 4) is 16.9 Å². The van der Waals surface area contributed by atoms with Gasteiger partial charge in [0.05, 0.1) is 13.2 Å². The highest BCUT2D eigenvalue weighted by atomic mass is 16.5. The molecular weight excluding hydrogens is 330 g/mol. The minimum absolute atomic E-state index is 0.285. The summed E-state index contributed by atoms with van der Waals surface area (Å²) in [5, 5.41) is 9.61. The third kappa shape index (κ3) is 3.37. The zero-order chi connectivity index (χ0) is 17.9. The molecule has 2 aromatic carbocycles. The van der Waals surface area contributed by atoms with Gasteiger partial charge >= 0.3 is 6.03 Å². The maximum Gasteiger partial charge on any atom is 0.319 e. The molecule has 132 valence electrons. The van der Waals surface area contributed by atoms with Gasteiger partial charge in [-0.15, -0.1) is 0 Å². The van der Waals surface area contributed by atoms with Gasteiger partial charge in [-0.1, -0.05) is 18.2 Å². The second-order valence-corrected chi connectivity index (χ2v) is 6.11. The number of fused-ring (bicyclic) bond motifs is 1. The van der Waals surface area contributed by atoms with E-state index in [9.17, 15) is 4.79 Å². The Morgan fingerprint density at radius 2 is 2.12 bits per heavy atom. The fourth-order valence-corrected chi connectivity index (χ4v) is 2.96. The number of hydrogen-bond donors (Lipinski definition) is 2.